The summed E-state index contributed by atoms with van der Waals surface area (Å²) in [5.41, 5.74) is 1.01. The van der Waals surface area contributed by atoms with E-state index in [1.54, 1.807) is 0 Å². The molecule has 4 aliphatic rings. The normalized spacial score (nSPS) is 58.7. The van der Waals surface area contributed by atoms with Crippen LogP contribution in [-0.2, 0) is 0 Å². The van der Waals surface area contributed by atoms with Gasteiger partial charge >= 0.3 is 0 Å². The summed E-state index contributed by atoms with van der Waals surface area (Å²) < 4.78 is 0. The Balaban J connectivity index is 1.78. The lowest BCUT2D eigenvalue weighted by molar-refractivity contribution is -0.230. The molecular formula is C20H32O3. The van der Waals surface area contributed by atoms with E-state index >= 15 is 0 Å². The van der Waals surface area contributed by atoms with Gasteiger partial charge in [0.05, 0.1) is 18.8 Å². The molecule has 23 heavy (non-hydrogen) atoms. The number of rotatable bonds is 1. The van der Waals surface area contributed by atoms with Crippen LogP contribution in [-0.4, -0.2) is 34.1 Å². The number of hydrogen-bond donors (Lipinski definition) is 3. The maximum Gasteiger partial charge on any atom is 0.0618 e. The minimum Gasteiger partial charge on any atom is -0.396 e. The number of aliphatic hydroxyl groups is 3. The fourth-order valence-corrected chi connectivity index (χ4v) is 7.51. The molecule has 0 aliphatic heterocycles. The van der Waals surface area contributed by atoms with Crippen molar-refractivity contribution >= 4 is 0 Å². The van der Waals surface area contributed by atoms with Gasteiger partial charge in [-0.25, -0.2) is 0 Å². The van der Waals surface area contributed by atoms with Gasteiger partial charge in [-0.15, -0.1) is 0 Å². The third kappa shape index (κ3) is 1.82. The van der Waals surface area contributed by atoms with Crippen LogP contribution in [0.15, 0.2) is 12.2 Å². The van der Waals surface area contributed by atoms with E-state index in [-0.39, 0.29) is 29.5 Å². The molecule has 1 spiro atoms. The predicted molar refractivity (Wildman–Crippen MR) is 89.7 cm³/mol. The van der Waals surface area contributed by atoms with Gasteiger partial charge in [-0.05, 0) is 68.1 Å². The van der Waals surface area contributed by atoms with Crippen molar-refractivity contribution in [3.05, 3.63) is 12.2 Å². The molecule has 4 rings (SSSR count). The Hall–Kier alpha value is -0.380. The predicted octanol–water partition coefficient (Wildman–Crippen LogP) is 2.89. The molecule has 3 heteroatoms. The Morgan fingerprint density at radius 3 is 2.52 bits per heavy atom. The first-order valence-corrected chi connectivity index (χ1v) is 9.42. The van der Waals surface area contributed by atoms with Crippen molar-refractivity contribution < 1.29 is 15.3 Å². The Labute approximate surface area is 139 Å². The van der Waals surface area contributed by atoms with E-state index in [1.807, 2.05) is 6.92 Å². The molecule has 4 aliphatic carbocycles. The molecule has 0 aromatic heterocycles. The zero-order chi connectivity index (χ0) is 16.6. The van der Waals surface area contributed by atoms with Crippen molar-refractivity contribution in [3.8, 4) is 0 Å². The molecule has 0 saturated heterocycles. The van der Waals surface area contributed by atoms with Crippen molar-refractivity contribution in [2.75, 3.05) is 6.61 Å². The van der Waals surface area contributed by atoms with E-state index in [0.29, 0.717) is 11.8 Å². The van der Waals surface area contributed by atoms with Crippen molar-refractivity contribution in [3.63, 3.8) is 0 Å². The molecule has 0 aromatic rings. The van der Waals surface area contributed by atoms with Crippen molar-refractivity contribution in [2.24, 2.45) is 34.0 Å². The third-order valence-corrected chi connectivity index (χ3v) is 8.83. The van der Waals surface area contributed by atoms with Gasteiger partial charge in [0.15, 0.2) is 0 Å². The van der Waals surface area contributed by atoms with Gasteiger partial charge in [0.1, 0.15) is 0 Å². The lowest BCUT2D eigenvalue weighted by atomic mass is 9.40. The highest BCUT2D eigenvalue weighted by atomic mass is 16.3. The molecule has 3 N–H and O–H groups in total. The van der Waals surface area contributed by atoms with Crippen LogP contribution in [0.5, 0.6) is 0 Å². The minimum atomic E-state index is -0.484. The van der Waals surface area contributed by atoms with Crippen molar-refractivity contribution in [2.45, 2.75) is 71.0 Å². The average molecular weight is 320 g/mol. The fourth-order valence-electron chi connectivity index (χ4n) is 7.51. The minimum absolute atomic E-state index is 0.0101. The quantitative estimate of drug-likeness (QED) is 0.651. The van der Waals surface area contributed by atoms with E-state index < -0.39 is 11.5 Å². The molecule has 0 radical (unpaired) electrons. The van der Waals surface area contributed by atoms with E-state index in [9.17, 15) is 15.3 Å². The van der Waals surface area contributed by atoms with Gasteiger partial charge in [0.2, 0.25) is 0 Å². The van der Waals surface area contributed by atoms with Gasteiger partial charge in [-0.3, -0.25) is 0 Å². The van der Waals surface area contributed by atoms with Crippen LogP contribution in [0.25, 0.3) is 0 Å². The average Bonchev–Trinajstić information content (AvgIpc) is 2.78. The smallest absolute Gasteiger partial charge is 0.0618 e. The second-order valence-electron chi connectivity index (χ2n) is 9.63. The Morgan fingerprint density at radius 1 is 1.09 bits per heavy atom. The van der Waals surface area contributed by atoms with Crippen LogP contribution in [0.4, 0.5) is 0 Å². The summed E-state index contributed by atoms with van der Waals surface area (Å²) in [6.45, 7) is 8.74. The van der Waals surface area contributed by atoms with E-state index in [4.69, 9.17) is 0 Å². The van der Waals surface area contributed by atoms with Crippen LogP contribution in [0.2, 0.25) is 0 Å². The second kappa shape index (κ2) is 4.83. The van der Waals surface area contributed by atoms with Crippen LogP contribution in [0, 0.1) is 34.0 Å². The number of allylic oxidation sites excluding steroid dienone is 1. The molecule has 130 valence electrons. The zero-order valence-corrected chi connectivity index (χ0v) is 14.6. The largest absolute Gasteiger partial charge is 0.396 e. The monoisotopic (exact) mass is 320 g/mol. The van der Waals surface area contributed by atoms with Gasteiger partial charge in [0.25, 0.3) is 0 Å². The van der Waals surface area contributed by atoms with E-state index in [2.05, 4.69) is 13.5 Å². The van der Waals surface area contributed by atoms with Gasteiger partial charge in [-0.1, -0.05) is 26.0 Å². The molecule has 3 nitrogen and oxygen atoms in total. The highest BCUT2D eigenvalue weighted by Gasteiger charge is 2.67. The first kappa shape index (κ1) is 16.1. The zero-order valence-electron chi connectivity index (χ0n) is 14.6. The summed E-state index contributed by atoms with van der Waals surface area (Å²) in [4.78, 5) is 0. The highest BCUT2D eigenvalue weighted by Crippen LogP contribution is 2.71. The number of hydrogen-bond acceptors (Lipinski definition) is 3. The van der Waals surface area contributed by atoms with Crippen LogP contribution >= 0.6 is 0 Å². The molecule has 0 heterocycles. The summed E-state index contributed by atoms with van der Waals surface area (Å²) >= 11 is 0. The summed E-state index contributed by atoms with van der Waals surface area (Å²) in [7, 11) is 0. The lowest BCUT2D eigenvalue weighted by Crippen LogP contribution is -2.64. The SMILES string of the molecule is C=C1C[C@]23C[C@@H]1CC[C@H]2[C@]1(C)CC[C@@H](O)[C@](C)(CO)[C@H]1C[C@@H]3O. The van der Waals surface area contributed by atoms with Crippen LogP contribution in [0.3, 0.4) is 0 Å². The standard InChI is InChI=1S/C20H32O3/c1-12-9-20-10-13(12)4-5-14(20)18(2)7-6-16(22)19(3,11-21)15(18)8-17(20)23/h13-17,21-23H,1,4-11H2,2-3H3/t13-,14-,15-,16+,17-,18-,19+,20-/m0/s1. The molecule has 4 saturated carbocycles. The lowest BCUT2D eigenvalue weighted by Gasteiger charge is -2.66. The molecule has 0 unspecified atom stereocenters. The first-order valence-electron chi connectivity index (χ1n) is 9.42. The molecule has 0 aromatic carbocycles. The number of aliphatic hydroxyl groups excluding tert-OH is 3. The Morgan fingerprint density at radius 2 is 1.83 bits per heavy atom. The Kier molecular flexibility index (Phi) is 3.38. The maximum atomic E-state index is 11.2. The Bertz CT molecular complexity index is 531. The van der Waals surface area contributed by atoms with E-state index in [1.165, 1.54) is 18.4 Å². The van der Waals surface area contributed by atoms with Gasteiger partial charge in [-0.2, -0.15) is 0 Å². The van der Waals surface area contributed by atoms with Gasteiger partial charge < -0.3 is 15.3 Å². The number of fused-ring (bicyclic) bond motifs is 3. The first-order chi connectivity index (χ1) is 10.8. The third-order valence-electron chi connectivity index (χ3n) is 8.83. The molecule has 2 bridgehead atoms. The topological polar surface area (TPSA) is 60.7 Å². The molecule has 8 atom stereocenters. The summed E-state index contributed by atoms with van der Waals surface area (Å²) in [5, 5.41) is 31.8. The molecule has 4 fully saturated rings. The molecule has 0 amide bonds. The van der Waals surface area contributed by atoms with E-state index in [0.717, 1.165) is 32.1 Å². The van der Waals surface area contributed by atoms with Crippen molar-refractivity contribution in [1.82, 2.24) is 0 Å². The van der Waals surface area contributed by atoms with Gasteiger partial charge in [0, 0.05) is 10.8 Å². The van der Waals surface area contributed by atoms with Crippen LogP contribution in [0.1, 0.15) is 58.8 Å². The second-order valence-corrected chi connectivity index (χ2v) is 9.63. The maximum absolute atomic E-state index is 11.2. The summed E-state index contributed by atoms with van der Waals surface area (Å²) in [6.07, 6.45) is 6.22. The summed E-state index contributed by atoms with van der Waals surface area (Å²) in [6, 6.07) is 0. The molecular weight excluding hydrogens is 288 g/mol. The van der Waals surface area contributed by atoms with Crippen LogP contribution < -0.4 is 0 Å². The highest BCUT2D eigenvalue weighted by molar-refractivity contribution is 5.24. The van der Waals surface area contributed by atoms with Crippen molar-refractivity contribution in [1.29, 1.82) is 0 Å². The fraction of sp³-hybridized carbons (Fsp3) is 0.900. The summed E-state index contributed by atoms with van der Waals surface area (Å²) in [5.74, 6) is 1.30.